The normalized spacial score (nSPS) is 16.0. The van der Waals surface area contributed by atoms with Gasteiger partial charge in [0.25, 0.3) is 0 Å². The van der Waals surface area contributed by atoms with Crippen LogP contribution in [0.2, 0.25) is 0 Å². The van der Waals surface area contributed by atoms with Crippen molar-refractivity contribution < 1.29 is 4.39 Å². The van der Waals surface area contributed by atoms with Gasteiger partial charge in [-0.1, -0.05) is 30.7 Å². The predicted molar refractivity (Wildman–Crippen MR) is 106 cm³/mol. The number of fused-ring (bicyclic) bond motifs is 3. The van der Waals surface area contributed by atoms with Crippen molar-refractivity contribution in [1.29, 1.82) is 0 Å². The summed E-state index contributed by atoms with van der Waals surface area (Å²) < 4.78 is 15.9. The Bertz CT molecular complexity index is 924. The first-order chi connectivity index (χ1) is 12.6. The summed E-state index contributed by atoms with van der Waals surface area (Å²) >= 11 is 0. The van der Waals surface area contributed by atoms with Crippen molar-refractivity contribution in [3.05, 3.63) is 70.7 Å². The van der Waals surface area contributed by atoms with E-state index in [0.29, 0.717) is 5.92 Å². The summed E-state index contributed by atoms with van der Waals surface area (Å²) in [6, 6.07) is 13.9. The summed E-state index contributed by atoms with van der Waals surface area (Å²) in [5.74, 6) is 0.238. The molecular formula is C23H27FN2. The zero-order valence-electron chi connectivity index (χ0n) is 15.9. The molecule has 2 heterocycles. The molecule has 0 aliphatic carbocycles. The molecule has 4 rings (SSSR count). The zero-order valence-corrected chi connectivity index (χ0v) is 15.9. The average molecular weight is 350 g/mol. The molecule has 2 nitrogen and oxygen atoms in total. The Kier molecular flexibility index (Phi) is 4.58. The fourth-order valence-corrected chi connectivity index (χ4v) is 4.33. The lowest BCUT2D eigenvalue weighted by Gasteiger charge is -2.25. The second kappa shape index (κ2) is 6.88. The highest BCUT2D eigenvalue weighted by atomic mass is 19.1. The van der Waals surface area contributed by atoms with Crippen LogP contribution in [0.15, 0.2) is 42.5 Å². The van der Waals surface area contributed by atoms with Gasteiger partial charge in [0.1, 0.15) is 5.82 Å². The summed E-state index contributed by atoms with van der Waals surface area (Å²) in [4.78, 5) is 2.41. The molecule has 0 radical (unpaired) electrons. The highest BCUT2D eigenvalue weighted by molar-refractivity contribution is 5.86. The van der Waals surface area contributed by atoms with Crippen LogP contribution in [0.1, 0.15) is 41.6 Å². The van der Waals surface area contributed by atoms with Crippen molar-refractivity contribution in [2.75, 3.05) is 13.6 Å². The monoisotopic (exact) mass is 350 g/mol. The van der Waals surface area contributed by atoms with E-state index in [1.165, 1.54) is 33.3 Å². The Morgan fingerprint density at radius 3 is 2.62 bits per heavy atom. The van der Waals surface area contributed by atoms with Crippen LogP contribution < -0.4 is 0 Å². The molecule has 0 bridgehead atoms. The minimum Gasteiger partial charge on any atom is -0.344 e. The first-order valence-corrected chi connectivity index (χ1v) is 9.61. The molecular weight excluding hydrogens is 323 g/mol. The third-order valence-electron chi connectivity index (χ3n) is 5.84. The van der Waals surface area contributed by atoms with Gasteiger partial charge in [0.05, 0.1) is 0 Å². The van der Waals surface area contributed by atoms with Gasteiger partial charge in [0.15, 0.2) is 0 Å². The summed E-state index contributed by atoms with van der Waals surface area (Å²) in [7, 11) is 2.20. The van der Waals surface area contributed by atoms with Crippen LogP contribution in [-0.4, -0.2) is 23.1 Å². The molecule has 3 aromatic rings. The molecule has 0 saturated carbocycles. The van der Waals surface area contributed by atoms with Gasteiger partial charge in [-0.3, -0.25) is 0 Å². The van der Waals surface area contributed by atoms with E-state index in [9.17, 15) is 4.39 Å². The number of nitrogens with zero attached hydrogens (tertiary/aromatic N) is 2. The number of aromatic nitrogens is 1. The van der Waals surface area contributed by atoms with Crippen LogP contribution in [0, 0.1) is 12.7 Å². The third kappa shape index (κ3) is 3.05. The Hall–Kier alpha value is -2.13. The number of likely N-dealkylation sites (N-methyl/N-ethyl adjacent to an activating group) is 1. The molecule has 2 aromatic carbocycles. The van der Waals surface area contributed by atoms with Crippen molar-refractivity contribution in [1.82, 2.24) is 9.47 Å². The maximum absolute atomic E-state index is 13.3. The quantitative estimate of drug-likeness (QED) is 0.622. The molecule has 0 saturated heterocycles. The van der Waals surface area contributed by atoms with Crippen LogP contribution in [-0.2, 0) is 19.5 Å². The molecule has 0 N–H and O–H groups in total. The number of hydrogen-bond donors (Lipinski definition) is 0. The third-order valence-corrected chi connectivity index (χ3v) is 5.84. The lowest BCUT2D eigenvalue weighted by atomic mass is 9.96. The minimum atomic E-state index is -0.161. The maximum Gasteiger partial charge on any atom is 0.123 e. The minimum absolute atomic E-state index is 0.161. The van der Waals surface area contributed by atoms with E-state index in [1.54, 1.807) is 12.1 Å². The second-order valence-corrected chi connectivity index (χ2v) is 7.70. The van der Waals surface area contributed by atoms with Crippen molar-refractivity contribution in [2.45, 2.75) is 45.7 Å². The Morgan fingerprint density at radius 2 is 1.88 bits per heavy atom. The molecule has 0 spiro atoms. The van der Waals surface area contributed by atoms with Crippen LogP contribution in [0.25, 0.3) is 10.9 Å². The van der Waals surface area contributed by atoms with E-state index in [2.05, 4.69) is 48.6 Å². The van der Waals surface area contributed by atoms with Gasteiger partial charge in [-0.15, -0.1) is 0 Å². The van der Waals surface area contributed by atoms with Crippen molar-refractivity contribution in [3.63, 3.8) is 0 Å². The lowest BCUT2D eigenvalue weighted by Crippen LogP contribution is -2.27. The lowest BCUT2D eigenvalue weighted by molar-refractivity contribution is 0.308. The van der Waals surface area contributed by atoms with Crippen molar-refractivity contribution in [3.8, 4) is 0 Å². The molecule has 1 aromatic heterocycles. The van der Waals surface area contributed by atoms with Gasteiger partial charge in [0.2, 0.25) is 0 Å². The predicted octanol–water partition coefficient (Wildman–Crippen LogP) is 5.27. The van der Waals surface area contributed by atoms with Gasteiger partial charge < -0.3 is 9.47 Å². The van der Waals surface area contributed by atoms with Gasteiger partial charge in [-0.25, -0.2) is 4.39 Å². The maximum atomic E-state index is 13.3. The number of halogens is 1. The molecule has 1 unspecified atom stereocenters. The van der Waals surface area contributed by atoms with Crippen LogP contribution >= 0.6 is 0 Å². The number of rotatable bonds is 4. The van der Waals surface area contributed by atoms with E-state index in [-0.39, 0.29) is 5.82 Å². The fourth-order valence-electron chi connectivity index (χ4n) is 4.33. The first kappa shape index (κ1) is 17.3. The van der Waals surface area contributed by atoms with Crippen LogP contribution in [0.5, 0.6) is 0 Å². The molecule has 0 amide bonds. The highest BCUT2D eigenvalue weighted by Crippen LogP contribution is 2.34. The van der Waals surface area contributed by atoms with Crippen LogP contribution in [0.3, 0.4) is 0 Å². The summed E-state index contributed by atoms with van der Waals surface area (Å²) in [5, 5.41) is 1.40. The number of benzene rings is 2. The average Bonchev–Trinajstić information content (AvgIpc) is 2.93. The van der Waals surface area contributed by atoms with E-state index in [0.717, 1.165) is 32.5 Å². The Morgan fingerprint density at radius 1 is 1.12 bits per heavy atom. The summed E-state index contributed by atoms with van der Waals surface area (Å²) in [5.41, 5.74) is 6.87. The smallest absolute Gasteiger partial charge is 0.123 e. The molecule has 1 aliphatic rings. The summed E-state index contributed by atoms with van der Waals surface area (Å²) in [6.45, 7) is 7.49. The standard InChI is InChI=1S/C23H27FN2/c1-4-17(18-6-8-19(24)9-7-18)14-26-22-10-5-16(2)13-20(22)21-15-25(3)12-11-23(21)26/h5-10,13,17H,4,11-12,14-15H2,1-3H3. The molecule has 0 fully saturated rings. The zero-order chi connectivity index (χ0) is 18.3. The van der Waals surface area contributed by atoms with Crippen molar-refractivity contribution in [2.24, 2.45) is 0 Å². The fraction of sp³-hybridized carbons (Fsp3) is 0.391. The SMILES string of the molecule is CCC(Cn1c2c(c3cc(C)ccc31)CN(C)CC2)c1ccc(F)cc1. The molecule has 136 valence electrons. The van der Waals surface area contributed by atoms with Gasteiger partial charge in [-0.2, -0.15) is 0 Å². The molecule has 1 atom stereocenters. The van der Waals surface area contributed by atoms with Gasteiger partial charge in [-0.05, 0) is 55.8 Å². The van der Waals surface area contributed by atoms with E-state index >= 15 is 0 Å². The Labute approximate surface area is 155 Å². The first-order valence-electron chi connectivity index (χ1n) is 9.61. The highest BCUT2D eigenvalue weighted by Gasteiger charge is 2.24. The Balaban J connectivity index is 1.79. The summed E-state index contributed by atoms with van der Waals surface area (Å²) in [6.07, 6.45) is 2.14. The molecule has 1 aliphatic heterocycles. The topological polar surface area (TPSA) is 8.17 Å². The molecule has 3 heteroatoms. The van der Waals surface area contributed by atoms with Gasteiger partial charge >= 0.3 is 0 Å². The largest absolute Gasteiger partial charge is 0.344 e. The van der Waals surface area contributed by atoms with Crippen molar-refractivity contribution >= 4 is 10.9 Å². The number of aryl methyl sites for hydroxylation is 1. The number of hydrogen-bond acceptors (Lipinski definition) is 1. The van der Waals surface area contributed by atoms with E-state index in [4.69, 9.17) is 0 Å². The van der Waals surface area contributed by atoms with Gasteiger partial charge in [0, 0.05) is 48.6 Å². The van der Waals surface area contributed by atoms with E-state index in [1.807, 2.05) is 12.1 Å². The second-order valence-electron chi connectivity index (χ2n) is 7.70. The van der Waals surface area contributed by atoms with E-state index < -0.39 is 0 Å². The van der Waals surface area contributed by atoms with Crippen LogP contribution in [0.4, 0.5) is 4.39 Å². The molecule has 26 heavy (non-hydrogen) atoms.